The summed E-state index contributed by atoms with van der Waals surface area (Å²) in [6.45, 7) is 5.16. The lowest BCUT2D eigenvalue weighted by atomic mass is 10.1. The first-order valence-electron chi connectivity index (χ1n) is 6.99. The number of para-hydroxylation sites is 1. The minimum absolute atomic E-state index is 0.0420. The van der Waals surface area contributed by atoms with Gasteiger partial charge in [-0.05, 0) is 45.0 Å². The summed E-state index contributed by atoms with van der Waals surface area (Å²) in [6, 6.07) is 5.12. The van der Waals surface area contributed by atoms with Gasteiger partial charge in [-0.1, -0.05) is 24.1 Å². The van der Waals surface area contributed by atoms with Crippen LogP contribution in [0.1, 0.15) is 26.2 Å². The van der Waals surface area contributed by atoms with Gasteiger partial charge in [0.15, 0.2) is 0 Å². The Labute approximate surface area is 124 Å². The molecule has 5 nitrogen and oxygen atoms in total. The van der Waals surface area contributed by atoms with Crippen LogP contribution in [0.3, 0.4) is 0 Å². The minimum Gasteiger partial charge on any atom is -0.376 e. The standard InChI is InChI=1S/C14H20ClN3O2/c1-11(10-17-8-3-2-4-9-17)16-13-7-5-6-12(15)14(13)18(19)20/h5-7,11,16H,2-4,8-10H2,1H3. The van der Waals surface area contributed by atoms with Crippen LogP contribution in [0.15, 0.2) is 18.2 Å². The normalized spacial score (nSPS) is 17.7. The van der Waals surface area contributed by atoms with Crippen LogP contribution in [0.25, 0.3) is 0 Å². The number of rotatable bonds is 5. The molecule has 1 saturated heterocycles. The Kier molecular flexibility index (Phi) is 5.20. The lowest BCUT2D eigenvalue weighted by Crippen LogP contribution is -2.38. The Morgan fingerprint density at radius 2 is 2.10 bits per heavy atom. The first kappa shape index (κ1) is 15.1. The fourth-order valence-corrected chi connectivity index (χ4v) is 2.90. The van der Waals surface area contributed by atoms with Gasteiger partial charge in [0, 0.05) is 12.6 Å². The third-order valence-corrected chi connectivity index (χ3v) is 3.86. The zero-order chi connectivity index (χ0) is 14.5. The Morgan fingerprint density at radius 1 is 1.40 bits per heavy atom. The van der Waals surface area contributed by atoms with Crippen molar-refractivity contribution in [2.24, 2.45) is 0 Å². The van der Waals surface area contributed by atoms with Gasteiger partial charge in [0.05, 0.1) is 4.92 Å². The summed E-state index contributed by atoms with van der Waals surface area (Å²) in [6.07, 6.45) is 3.78. The molecule has 0 saturated carbocycles. The largest absolute Gasteiger partial charge is 0.376 e. The third-order valence-electron chi connectivity index (χ3n) is 3.55. The molecule has 1 fully saturated rings. The van der Waals surface area contributed by atoms with E-state index in [0.717, 1.165) is 19.6 Å². The molecule has 1 heterocycles. The molecule has 1 aliphatic heterocycles. The Balaban J connectivity index is 2.01. The van der Waals surface area contributed by atoms with Crippen molar-refractivity contribution in [1.82, 2.24) is 4.90 Å². The van der Waals surface area contributed by atoms with Crippen LogP contribution in [0, 0.1) is 10.1 Å². The molecule has 1 aromatic rings. The second-order valence-corrected chi connectivity index (χ2v) is 5.71. The van der Waals surface area contributed by atoms with Gasteiger partial charge in [0.2, 0.25) is 0 Å². The summed E-state index contributed by atoms with van der Waals surface area (Å²) in [5.41, 5.74) is 0.451. The summed E-state index contributed by atoms with van der Waals surface area (Å²) in [5, 5.41) is 14.5. The molecule has 0 bridgehead atoms. The van der Waals surface area contributed by atoms with E-state index in [9.17, 15) is 10.1 Å². The highest BCUT2D eigenvalue weighted by atomic mass is 35.5. The number of nitro groups is 1. The van der Waals surface area contributed by atoms with Crippen molar-refractivity contribution in [3.05, 3.63) is 33.3 Å². The van der Waals surface area contributed by atoms with Crippen LogP contribution in [0.5, 0.6) is 0 Å². The van der Waals surface area contributed by atoms with Crippen molar-refractivity contribution in [2.45, 2.75) is 32.2 Å². The molecule has 1 unspecified atom stereocenters. The van der Waals surface area contributed by atoms with Crippen molar-refractivity contribution in [3.8, 4) is 0 Å². The molecule has 1 N–H and O–H groups in total. The number of hydrogen-bond acceptors (Lipinski definition) is 4. The zero-order valence-electron chi connectivity index (χ0n) is 11.6. The van der Waals surface area contributed by atoms with E-state index < -0.39 is 4.92 Å². The molecule has 1 aromatic carbocycles. The molecular weight excluding hydrogens is 278 g/mol. The van der Waals surface area contributed by atoms with Crippen LogP contribution >= 0.6 is 11.6 Å². The lowest BCUT2D eigenvalue weighted by Gasteiger charge is -2.29. The summed E-state index contributed by atoms with van der Waals surface area (Å²) in [4.78, 5) is 13.1. The fourth-order valence-electron chi connectivity index (χ4n) is 2.66. The average molecular weight is 298 g/mol. The molecule has 6 heteroatoms. The number of nitro benzene ring substituents is 1. The molecule has 1 atom stereocenters. The van der Waals surface area contributed by atoms with Gasteiger partial charge in [-0.3, -0.25) is 10.1 Å². The van der Waals surface area contributed by atoms with Crippen molar-refractivity contribution in [1.29, 1.82) is 0 Å². The highest BCUT2D eigenvalue weighted by Crippen LogP contribution is 2.32. The van der Waals surface area contributed by atoms with Gasteiger partial charge in [-0.2, -0.15) is 0 Å². The molecule has 110 valence electrons. The molecule has 2 rings (SSSR count). The highest BCUT2D eigenvalue weighted by molar-refractivity contribution is 6.33. The average Bonchev–Trinajstić information content (AvgIpc) is 2.39. The first-order chi connectivity index (χ1) is 9.58. The van der Waals surface area contributed by atoms with E-state index in [2.05, 4.69) is 10.2 Å². The number of anilines is 1. The van der Waals surface area contributed by atoms with Crippen molar-refractivity contribution in [3.63, 3.8) is 0 Å². The third kappa shape index (κ3) is 3.84. The van der Waals surface area contributed by atoms with Gasteiger partial charge in [-0.15, -0.1) is 0 Å². The fraction of sp³-hybridized carbons (Fsp3) is 0.571. The van der Waals surface area contributed by atoms with Crippen LogP contribution in [-0.2, 0) is 0 Å². The molecule has 0 amide bonds. The number of piperidine rings is 1. The second-order valence-electron chi connectivity index (χ2n) is 5.30. The summed E-state index contributed by atoms with van der Waals surface area (Å²) < 4.78 is 0. The van der Waals surface area contributed by atoms with E-state index in [1.165, 1.54) is 19.3 Å². The van der Waals surface area contributed by atoms with Gasteiger partial charge >= 0.3 is 5.69 Å². The summed E-state index contributed by atoms with van der Waals surface area (Å²) >= 11 is 5.91. The smallest absolute Gasteiger partial charge is 0.310 e. The van der Waals surface area contributed by atoms with Crippen molar-refractivity contribution >= 4 is 23.0 Å². The SMILES string of the molecule is CC(CN1CCCCC1)Nc1cccc(Cl)c1[N+](=O)[O-]. The van der Waals surface area contributed by atoms with Gasteiger partial charge < -0.3 is 10.2 Å². The van der Waals surface area contributed by atoms with E-state index in [4.69, 9.17) is 11.6 Å². The maximum Gasteiger partial charge on any atom is 0.310 e. The maximum atomic E-state index is 11.1. The summed E-state index contributed by atoms with van der Waals surface area (Å²) in [5.74, 6) is 0. The molecule has 20 heavy (non-hydrogen) atoms. The predicted octanol–water partition coefficient (Wildman–Crippen LogP) is 3.53. The van der Waals surface area contributed by atoms with E-state index in [0.29, 0.717) is 5.69 Å². The van der Waals surface area contributed by atoms with E-state index in [-0.39, 0.29) is 16.8 Å². The lowest BCUT2D eigenvalue weighted by molar-refractivity contribution is -0.383. The van der Waals surface area contributed by atoms with E-state index in [1.807, 2.05) is 6.92 Å². The Morgan fingerprint density at radius 3 is 2.75 bits per heavy atom. The van der Waals surface area contributed by atoms with Gasteiger partial charge in [0.1, 0.15) is 10.7 Å². The highest BCUT2D eigenvalue weighted by Gasteiger charge is 2.20. The van der Waals surface area contributed by atoms with Crippen LogP contribution < -0.4 is 5.32 Å². The van der Waals surface area contributed by atoms with E-state index in [1.54, 1.807) is 18.2 Å². The number of hydrogen-bond donors (Lipinski definition) is 1. The Hall–Kier alpha value is -1.33. The number of nitrogens with zero attached hydrogens (tertiary/aromatic N) is 2. The molecule has 1 aliphatic rings. The summed E-state index contributed by atoms with van der Waals surface area (Å²) in [7, 11) is 0. The first-order valence-corrected chi connectivity index (χ1v) is 7.37. The van der Waals surface area contributed by atoms with Crippen molar-refractivity contribution in [2.75, 3.05) is 25.0 Å². The quantitative estimate of drug-likeness (QED) is 0.667. The van der Waals surface area contributed by atoms with Crippen LogP contribution in [0.2, 0.25) is 5.02 Å². The number of benzene rings is 1. The van der Waals surface area contributed by atoms with Crippen LogP contribution in [-0.4, -0.2) is 35.5 Å². The number of likely N-dealkylation sites (tertiary alicyclic amines) is 1. The predicted molar refractivity (Wildman–Crippen MR) is 81.5 cm³/mol. The monoisotopic (exact) mass is 297 g/mol. The molecule has 0 aromatic heterocycles. The zero-order valence-corrected chi connectivity index (χ0v) is 12.4. The van der Waals surface area contributed by atoms with E-state index >= 15 is 0 Å². The molecule has 0 aliphatic carbocycles. The van der Waals surface area contributed by atoms with Gasteiger partial charge in [-0.25, -0.2) is 0 Å². The topological polar surface area (TPSA) is 58.4 Å². The number of nitrogens with one attached hydrogen (secondary N) is 1. The van der Waals surface area contributed by atoms with Crippen LogP contribution in [0.4, 0.5) is 11.4 Å². The number of halogens is 1. The molecular formula is C14H20ClN3O2. The molecule has 0 radical (unpaired) electrons. The van der Waals surface area contributed by atoms with Gasteiger partial charge in [0.25, 0.3) is 0 Å². The van der Waals surface area contributed by atoms with Crippen molar-refractivity contribution < 1.29 is 4.92 Å². The molecule has 0 spiro atoms. The minimum atomic E-state index is -0.432. The second kappa shape index (κ2) is 6.90. The maximum absolute atomic E-state index is 11.1. The Bertz CT molecular complexity index is 475.